The number of hydrogen-bond acceptors (Lipinski definition) is 4. The normalized spacial score (nSPS) is 20.1. The minimum atomic E-state index is -4.44. The van der Waals surface area contributed by atoms with Crippen LogP contribution in [-0.4, -0.2) is 49.1 Å². The molecule has 2 atom stereocenters. The van der Waals surface area contributed by atoms with Crippen LogP contribution in [0.5, 0.6) is 0 Å². The molecule has 1 aliphatic heterocycles. The number of carbonyl (C=O) groups is 1. The van der Waals surface area contributed by atoms with Crippen molar-refractivity contribution < 1.29 is 40.3 Å². The van der Waals surface area contributed by atoms with Gasteiger partial charge < -0.3 is 10.4 Å². The van der Waals surface area contributed by atoms with Gasteiger partial charge in [0, 0.05) is 42.0 Å². The smallest absolute Gasteiger partial charge is 0.255 e. The summed E-state index contributed by atoms with van der Waals surface area (Å²) in [5.74, 6) is -5.80. The number of aliphatic hydroxyl groups is 1. The van der Waals surface area contributed by atoms with Gasteiger partial charge in [-0.2, -0.15) is 4.31 Å². The standard InChI is InChI=1S/C20H19F5N2O4S/c21-9-12-4-3-11(20(29)26-13-7-14(22)19(25)15(23)8-13)6-18(12)32(30,31)27-5-1-2-17(28)16(24)10-27/h3-4,6-8,16-17,28H,1-2,5,9-10H2,(H,26,29). The Bertz CT molecular complexity index is 1110. The van der Waals surface area contributed by atoms with Crippen molar-refractivity contribution in [3.05, 3.63) is 58.9 Å². The van der Waals surface area contributed by atoms with Gasteiger partial charge in [-0.3, -0.25) is 4.79 Å². The fourth-order valence-electron chi connectivity index (χ4n) is 3.30. The van der Waals surface area contributed by atoms with Crippen LogP contribution in [-0.2, 0) is 16.7 Å². The van der Waals surface area contributed by atoms with E-state index in [4.69, 9.17) is 0 Å². The molecule has 2 aromatic rings. The molecule has 0 spiro atoms. The molecule has 0 aliphatic carbocycles. The van der Waals surface area contributed by atoms with Crippen LogP contribution in [0, 0.1) is 17.5 Å². The van der Waals surface area contributed by atoms with Crippen molar-refractivity contribution in [1.82, 2.24) is 4.31 Å². The predicted octanol–water partition coefficient (Wildman–Crippen LogP) is 3.31. The Balaban J connectivity index is 1.93. The first-order chi connectivity index (χ1) is 15.0. The van der Waals surface area contributed by atoms with Gasteiger partial charge in [0.15, 0.2) is 17.5 Å². The zero-order chi connectivity index (χ0) is 23.6. The zero-order valence-electron chi connectivity index (χ0n) is 16.5. The molecular formula is C20H19F5N2O4S. The Kier molecular flexibility index (Phi) is 7.16. The summed E-state index contributed by atoms with van der Waals surface area (Å²) in [4.78, 5) is 11.9. The third-order valence-electron chi connectivity index (χ3n) is 5.04. The maximum absolute atomic E-state index is 14.1. The fraction of sp³-hybridized carbons (Fsp3) is 0.350. The first kappa shape index (κ1) is 24.1. The van der Waals surface area contributed by atoms with Crippen LogP contribution < -0.4 is 5.32 Å². The Morgan fingerprint density at radius 3 is 2.44 bits per heavy atom. The van der Waals surface area contributed by atoms with Crippen molar-refractivity contribution in [2.24, 2.45) is 0 Å². The Morgan fingerprint density at radius 2 is 1.81 bits per heavy atom. The molecule has 1 saturated heterocycles. The molecule has 1 fully saturated rings. The van der Waals surface area contributed by atoms with Gasteiger partial charge in [-0.25, -0.2) is 30.4 Å². The summed E-state index contributed by atoms with van der Waals surface area (Å²) >= 11 is 0. The quantitative estimate of drug-likeness (QED) is 0.510. The highest BCUT2D eigenvalue weighted by Crippen LogP contribution is 2.27. The third-order valence-corrected chi connectivity index (χ3v) is 6.98. The summed E-state index contributed by atoms with van der Waals surface area (Å²) in [6, 6.07) is 4.09. The largest absolute Gasteiger partial charge is 0.390 e. The van der Waals surface area contributed by atoms with E-state index in [1.54, 1.807) is 0 Å². The van der Waals surface area contributed by atoms with E-state index in [0.29, 0.717) is 12.1 Å². The average molecular weight is 478 g/mol. The molecule has 2 aromatic carbocycles. The molecule has 0 saturated carbocycles. The number of hydrogen-bond donors (Lipinski definition) is 2. The van der Waals surface area contributed by atoms with E-state index in [9.17, 15) is 40.3 Å². The number of aliphatic hydroxyl groups excluding tert-OH is 1. The number of carbonyl (C=O) groups excluding carboxylic acids is 1. The second-order valence-corrected chi connectivity index (χ2v) is 9.16. The first-order valence-corrected chi connectivity index (χ1v) is 11.0. The molecule has 174 valence electrons. The Labute approximate surface area is 180 Å². The lowest BCUT2D eigenvalue weighted by atomic mass is 10.1. The van der Waals surface area contributed by atoms with E-state index < -0.39 is 69.5 Å². The van der Waals surface area contributed by atoms with E-state index in [-0.39, 0.29) is 30.5 Å². The van der Waals surface area contributed by atoms with Gasteiger partial charge in [0.2, 0.25) is 10.0 Å². The highest BCUT2D eigenvalue weighted by atomic mass is 32.2. The second-order valence-electron chi connectivity index (χ2n) is 7.25. The maximum atomic E-state index is 14.1. The second kappa shape index (κ2) is 9.51. The van der Waals surface area contributed by atoms with Gasteiger partial charge in [0.05, 0.1) is 11.0 Å². The highest BCUT2D eigenvalue weighted by molar-refractivity contribution is 7.89. The SMILES string of the molecule is O=C(Nc1cc(F)c(F)c(F)c1)c1ccc(CF)c(S(=O)(=O)N2CCCC(O)C(F)C2)c1. The van der Waals surface area contributed by atoms with Gasteiger partial charge in [-0.15, -0.1) is 0 Å². The molecule has 0 bridgehead atoms. The monoisotopic (exact) mass is 478 g/mol. The van der Waals surface area contributed by atoms with E-state index in [1.807, 2.05) is 0 Å². The Morgan fingerprint density at radius 1 is 1.16 bits per heavy atom. The van der Waals surface area contributed by atoms with Crippen LogP contribution in [0.1, 0.15) is 28.8 Å². The van der Waals surface area contributed by atoms with Crippen LogP contribution in [0.25, 0.3) is 0 Å². The number of rotatable bonds is 5. The molecule has 2 unspecified atom stereocenters. The van der Waals surface area contributed by atoms with Gasteiger partial charge in [-0.05, 0) is 25.0 Å². The van der Waals surface area contributed by atoms with E-state index in [0.717, 1.165) is 22.5 Å². The highest BCUT2D eigenvalue weighted by Gasteiger charge is 2.34. The molecule has 32 heavy (non-hydrogen) atoms. The lowest BCUT2D eigenvalue weighted by Gasteiger charge is -2.23. The van der Waals surface area contributed by atoms with Crippen LogP contribution in [0.2, 0.25) is 0 Å². The minimum Gasteiger partial charge on any atom is -0.390 e. The van der Waals surface area contributed by atoms with Crippen LogP contribution in [0.3, 0.4) is 0 Å². The van der Waals surface area contributed by atoms with Crippen LogP contribution >= 0.6 is 0 Å². The van der Waals surface area contributed by atoms with E-state index >= 15 is 0 Å². The van der Waals surface area contributed by atoms with Crippen molar-refractivity contribution in [1.29, 1.82) is 0 Å². The van der Waals surface area contributed by atoms with Gasteiger partial charge >= 0.3 is 0 Å². The molecular weight excluding hydrogens is 459 g/mol. The number of nitrogens with one attached hydrogen (secondary N) is 1. The molecule has 12 heteroatoms. The van der Waals surface area contributed by atoms with Crippen molar-refractivity contribution >= 4 is 21.6 Å². The van der Waals surface area contributed by atoms with E-state index in [1.165, 1.54) is 0 Å². The van der Waals surface area contributed by atoms with E-state index in [2.05, 4.69) is 5.32 Å². The van der Waals surface area contributed by atoms with Gasteiger partial charge in [0.25, 0.3) is 5.91 Å². The summed E-state index contributed by atoms with van der Waals surface area (Å²) in [6.07, 6.45) is -2.94. The van der Waals surface area contributed by atoms with Crippen molar-refractivity contribution in [3.8, 4) is 0 Å². The third kappa shape index (κ3) is 4.92. The lowest BCUT2D eigenvalue weighted by Crippen LogP contribution is -2.38. The number of alkyl halides is 2. The van der Waals surface area contributed by atoms with Crippen molar-refractivity contribution in [2.45, 2.75) is 36.7 Å². The maximum Gasteiger partial charge on any atom is 0.255 e. The molecule has 0 radical (unpaired) electrons. The van der Waals surface area contributed by atoms with Crippen molar-refractivity contribution in [2.75, 3.05) is 18.4 Å². The predicted molar refractivity (Wildman–Crippen MR) is 104 cm³/mol. The fourth-order valence-corrected chi connectivity index (χ4v) is 5.02. The topological polar surface area (TPSA) is 86.7 Å². The van der Waals surface area contributed by atoms with Crippen molar-refractivity contribution in [3.63, 3.8) is 0 Å². The molecule has 0 aromatic heterocycles. The van der Waals surface area contributed by atoms with Crippen LogP contribution in [0.15, 0.2) is 35.2 Å². The summed E-state index contributed by atoms with van der Waals surface area (Å²) in [5, 5.41) is 11.7. The summed E-state index contributed by atoms with van der Waals surface area (Å²) in [6.45, 7) is -1.95. The summed E-state index contributed by atoms with van der Waals surface area (Å²) in [7, 11) is -4.44. The van der Waals surface area contributed by atoms with Gasteiger partial charge in [-0.1, -0.05) is 6.07 Å². The number of sulfonamides is 1. The number of halogens is 5. The number of amides is 1. The molecule has 1 heterocycles. The lowest BCUT2D eigenvalue weighted by molar-refractivity contribution is 0.0732. The minimum absolute atomic E-state index is 0.0520. The van der Waals surface area contributed by atoms with Crippen LogP contribution in [0.4, 0.5) is 27.6 Å². The number of anilines is 1. The number of benzene rings is 2. The molecule has 1 aliphatic rings. The average Bonchev–Trinajstić information content (AvgIpc) is 2.92. The number of nitrogens with zero attached hydrogens (tertiary/aromatic N) is 1. The summed E-state index contributed by atoms with van der Waals surface area (Å²) < 4.78 is 94.3. The van der Waals surface area contributed by atoms with Gasteiger partial charge in [0.1, 0.15) is 12.8 Å². The first-order valence-electron chi connectivity index (χ1n) is 9.51. The molecule has 6 nitrogen and oxygen atoms in total. The zero-order valence-corrected chi connectivity index (χ0v) is 17.3. The Hall–Kier alpha value is -2.57. The molecule has 2 N–H and O–H groups in total. The molecule has 1 amide bonds. The molecule has 3 rings (SSSR count). The summed E-state index contributed by atoms with van der Waals surface area (Å²) in [5.41, 5.74) is -0.995.